The van der Waals surface area contributed by atoms with Crippen LogP contribution in [0.15, 0.2) is 6.20 Å². The van der Waals surface area contributed by atoms with Crippen LogP contribution >= 0.6 is 24.8 Å². The highest BCUT2D eigenvalue weighted by Crippen LogP contribution is 2.08. The third-order valence-corrected chi connectivity index (χ3v) is 1.26. The van der Waals surface area contributed by atoms with Crippen molar-refractivity contribution >= 4 is 30.6 Å². The Morgan fingerprint density at radius 2 is 2.09 bits per heavy atom. The Balaban J connectivity index is 0. The van der Waals surface area contributed by atoms with Gasteiger partial charge in [-0.1, -0.05) is 0 Å². The summed E-state index contributed by atoms with van der Waals surface area (Å²) in [6.07, 6.45) is 1.76. The number of halogens is 2. The average molecular weight is 199 g/mol. The summed E-state index contributed by atoms with van der Waals surface area (Å²) >= 11 is 0. The molecule has 0 radical (unpaired) electrons. The standard InChI is InChI=1S/C5H10N4.2ClH/c1-4-3-7-9(2)5(4)8-6;;/h3,8H,6H2,1-2H3;2*1H. The van der Waals surface area contributed by atoms with Gasteiger partial charge in [0.2, 0.25) is 0 Å². The van der Waals surface area contributed by atoms with Crippen LogP contribution in [0, 0.1) is 6.92 Å². The molecule has 1 aromatic heterocycles. The van der Waals surface area contributed by atoms with E-state index in [-0.39, 0.29) is 24.8 Å². The summed E-state index contributed by atoms with van der Waals surface area (Å²) in [5.41, 5.74) is 3.60. The molecule has 0 aliphatic heterocycles. The number of aromatic nitrogens is 2. The maximum absolute atomic E-state index is 5.19. The molecule has 0 amide bonds. The minimum absolute atomic E-state index is 0. The quantitative estimate of drug-likeness (QED) is 0.520. The van der Waals surface area contributed by atoms with Gasteiger partial charge in [0.25, 0.3) is 0 Å². The van der Waals surface area contributed by atoms with Crippen molar-refractivity contribution < 1.29 is 0 Å². The third kappa shape index (κ3) is 2.57. The molecule has 1 aromatic rings. The number of hydrazine groups is 1. The number of rotatable bonds is 1. The van der Waals surface area contributed by atoms with Crippen LogP contribution in [0.4, 0.5) is 5.82 Å². The van der Waals surface area contributed by atoms with Crippen LogP contribution in [0.2, 0.25) is 0 Å². The fraction of sp³-hybridized carbons (Fsp3) is 0.400. The molecule has 0 unspecified atom stereocenters. The maximum atomic E-state index is 5.19. The first-order chi connectivity index (χ1) is 4.25. The monoisotopic (exact) mass is 198 g/mol. The Kier molecular flexibility index (Phi) is 6.26. The van der Waals surface area contributed by atoms with Gasteiger partial charge in [0.05, 0.1) is 6.20 Å². The zero-order valence-electron chi connectivity index (χ0n) is 6.37. The Labute approximate surface area is 77.9 Å². The summed E-state index contributed by atoms with van der Waals surface area (Å²) in [5, 5.41) is 3.96. The van der Waals surface area contributed by atoms with Gasteiger partial charge in [-0.05, 0) is 6.92 Å². The third-order valence-electron chi connectivity index (χ3n) is 1.26. The lowest BCUT2D eigenvalue weighted by Crippen LogP contribution is -2.11. The predicted molar refractivity (Wildman–Crippen MR) is 50.3 cm³/mol. The zero-order valence-corrected chi connectivity index (χ0v) is 8.00. The normalized spacial score (nSPS) is 7.91. The highest BCUT2D eigenvalue weighted by Gasteiger charge is 1.98. The summed E-state index contributed by atoms with van der Waals surface area (Å²) in [5.74, 6) is 6.04. The van der Waals surface area contributed by atoms with E-state index in [9.17, 15) is 0 Å². The molecule has 1 rings (SSSR count). The fourth-order valence-corrected chi connectivity index (χ4v) is 0.755. The number of hydrogen-bond donors (Lipinski definition) is 2. The number of nitrogens with two attached hydrogens (primary N) is 1. The first-order valence-electron chi connectivity index (χ1n) is 2.71. The van der Waals surface area contributed by atoms with Gasteiger partial charge < -0.3 is 5.43 Å². The number of hydrogen-bond acceptors (Lipinski definition) is 3. The smallest absolute Gasteiger partial charge is 0.140 e. The van der Waals surface area contributed by atoms with E-state index in [4.69, 9.17) is 5.84 Å². The molecule has 4 nitrogen and oxygen atoms in total. The summed E-state index contributed by atoms with van der Waals surface area (Å²) in [4.78, 5) is 0. The molecule has 0 aliphatic carbocycles. The van der Waals surface area contributed by atoms with Crippen molar-refractivity contribution in [1.29, 1.82) is 0 Å². The first kappa shape index (κ1) is 13.2. The van der Waals surface area contributed by atoms with Crippen molar-refractivity contribution in [3.05, 3.63) is 11.8 Å². The van der Waals surface area contributed by atoms with E-state index in [2.05, 4.69) is 10.5 Å². The van der Waals surface area contributed by atoms with Crippen molar-refractivity contribution in [2.45, 2.75) is 6.92 Å². The SMILES string of the molecule is Cc1cnn(C)c1NN.Cl.Cl. The molecule has 0 saturated heterocycles. The van der Waals surface area contributed by atoms with E-state index in [1.165, 1.54) is 0 Å². The number of anilines is 1. The molecule has 0 aromatic carbocycles. The predicted octanol–water partition coefficient (Wildman–Crippen LogP) is 0.858. The summed E-state index contributed by atoms with van der Waals surface area (Å²) < 4.78 is 1.69. The van der Waals surface area contributed by atoms with Gasteiger partial charge in [-0.15, -0.1) is 24.8 Å². The minimum Gasteiger partial charge on any atom is -0.308 e. The van der Waals surface area contributed by atoms with Crippen molar-refractivity contribution in [2.24, 2.45) is 12.9 Å². The van der Waals surface area contributed by atoms with Crippen molar-refractivity contribution in [2.75, 3.05) is 5.43 Å². The summed E-state index contributed by atoms with van der Waals surface area (Å²) in [6.45, 7) is 1.95. The molecule has 0 aliphatic rings. The molecule has 0 atom stereocenters. The molecular weight excluding hydrogens is 187 g/mol. The number of aryl methyl sites for hydroxylation is 2. The van der Waals surface area contributed by atoms with E-state index >= 15 is 0 Å². The summed E-state index contributed by atoms with van der Waals surface area (Å²) in [6, 6.07) is 0. The minimum atomic E-state index is 0. The van der Waals surface area contributed by atoms with Crippen LogP contribution < -0.4 is 11.3 Å². The largest absolute Gasteiger partial charge is 0.308 e. The average Bonchev–Trinajstić information content (AvgIpc) is 2.12. The van der Waals surface area contributed by atoms with E-state index in [1.54, 1.807) is 10.9 Å². The highest BCUT2D eigenvalue weighted by molar-refractivity contribution is 5.85. The second kappa shape index (κ2) is 5.23. The van der Waals surface area contributed by atoms with Gasteiger partial charge in [0.1, 0.15) is 5.82 Å². The summed E-state index contributed by atoms with van der Waals surface area (Å²) in [7, 11) is 1.84. The van der Waals surface area contributed by atoms with Crippen molar-refractivity contribution in [3.8, 4) is 0 Å². The number of nitrogens with one attached hydrogen (secondary N) is 1. The molecule has 0 bridgehead atoms. The van der Waals surface area contributed by atoms with Gasteiger partial charge in [0.15, 0.2) is 0 Å². The van der Waals surface area contributed by atoms with Crippen LogP contribution in [0.1, 0.15) is 5.56 Å². The Morgan fingerprint density at radius 3 is 2.27 bits per heavy atom. The Hall–Kier alpha value is -0.450. The molecule has 11 heavy (non-hydrogen) atoms. The Bertz CT molecular complexity index is 191. The lowest BCUT2D eigenvalue weighted by Gasteiger charge is -1.99. The molecule has 1 heterocycles. The second-order valence-electron chi connectivity index (χ2n) is 1.94. The highest BCUT2D eigenvalue weighted by atomic mass is 35.5. The molecule has 0 spiro atoms. The fourth-order valence-electron chi connectivity index (χ4n) is 0.755. The second-order valence-corrected chi connectivity index (χ2v) is 1.94. The molecule has 0 saturated carbocycles. The first-order valence-corrected chi connectivity index (χ1v) is 2.71. The lowest BCUT2D eigenvalue weighted by atomic mass is 10.4. The van der Waals surface area contributed by atoms with Crippen LogP contribution in [0.5, 0.6) is 0 Å². The van der Waals surface area contributed by atoms with Crippen molar-refractivity contribution in [3.63, 3.8) is 0 Å². The van der Waals surface area contributed by atoms with E-state index < -0.39 is 0 Å². The lowest BCUT2D eigenvalue weighted by molar-refractivity contribution is 0.771. The molecule has 6 heteroatoms. The van der Waals surface area contributed by atoms with Gasteiger partial charge in [-0.2, -0.15) is 5.10 Å². The van der Waals surface area contributed by atoms with E-state index in [0.717, 1.165) is 11.4 Å². The van der Waals surface area contributed by atoms with Crippen LogP contribution in [-0.2, 0) is 7.05 Å². The maximum Gasteiger partial charge on any atom is 0.140 e. The molecular formula is C5H12Cl2N4. The van der Waals surface area contributed by atoms with E-state index in [1.807, 2.05) is 14.0 Å². The van der Waals surface area contributed by atoms with Crippen LogP contribution in [0.3, 0.4) is 0 Å². The number of nitrogen functional groups attached to an aromatic ring is 1. The van der Waals surface area contributed by atoms with Crippen molar-refractivity contribution in [1.82, 2.24) is 9.78 Å². The van der Waals surface area contributed by atoms with Gasteiger partial charge in [-0.3, -0.25) is 4.68 Å². The van der Waals surface area contributed by atoms with Gasteiger partial charge in [-0.25, -0.2) is 5.84 Å². The molecule has 3 N–H and O–H groups in total. The van der Waals surface area contributed by atoms with Crippen LogP contribution in [-0.4, -0.2) is 9.78 Å². The molecule has 0 fully saturated rings. The van der Waals surface area contributed by atoms with E-state index in [0.29, 0.717) is 0 Å². The van der Waals surface area contributed by atoms with Gasteiger partial charge >= 0.3 is 0 Å². The van der Waals surface area contributed by atoms with Gasteiger partial charge in [0, 0.05) is 12.6 Å². The van der Waals surface area contributed by atoms with Crippen LogP contribution in [0.25, 0.3) is 0 Å². The zero-order chi connectivity index (χ0) is 6.85. The molecule has 66 valence electrons. The number of nitrogens with zero attached hydrogens (tertiary/aromatic N) is 2. The topological polar surface area (TPSA) is 55.9 Å². The Morgan fingerprint density at radius 1 is 1.55 bits per heavy atom.